The van der Waals surface area contributed by atoms with Gasteiger partial charge in [-0.1, -0.05) is 19.4 Å². The first kappa shape index (κ1) is 11.0. The van der Waals surface area contributed by atoms with Gasteiger partial charge in [0.05, 0.1) is 0 Å². The van der Waals surface area contributed by atoms with Crippen molar-refractivity contribution in [1.82, 2.24) is 10.3 Å². The number of nitrogens with one attached hydrogen (secondary N) is 1. The average Bonchev–Trinajstić information content (AvgIpc) is 2.20. The average molecular weight is 193 g/mol. The smallest absolute Gasteiger partial charge is 0.126 e. The van der Waals surface area contributed by atoms with E-state index in [1.54, 1.807) is 6.20 Å². The Bertz CT molecular complexity index is 273. The van der Waals surface area contributed by atoms with Crippen LogP contribution in [0.5, 0.6) is 0 Å². The molecule has 3 heteroatoms. The highest BCUT2D eigenvalue weighted by Crippen LogP contribution is 2.11. The van der Waals surface area contributed by atoms with Crippen molar-refractivity contribution < 1.29 is 0 Å². The molecular formula is C11H19N3. The van der Waals surface area contributed by atoms with Gasteiger partial charge in [0, 0.05) is 12.2 Å². The Morgan fingerprint density at radius 2 is 2.36 bits per heavy atom. The van der Waals surface area contributed by atoms with Crippen molar-refractivity contribution in [2.24, 2.45) is 0 Å². The van der Waals surface area contributed by atoms with Crippen molar-refractivity contribution >= 4 is 5.82 Å². The summed E-state index contributed by atoms with van der Waals surface area (Å²) in [6.45, 7) is 2.19. The molecule has 3 N–H and O–H groups in total. The Morgan fingerprint density at radius 1 is 1.57 bits per heavy atom. The summed E-state index contributed by atoms with van der Waals surface area (Å²) in [5.41, 5.74) is 6.92. The molecule has 0 aliphatic heterocycles. The number of nitrogens with zero attached hydrogens (tertiary/aromatic N) is 1. The van der Waals surface area contributed by atoms with E-state index in [-0.39, 0.29) is 0 Å². The van der Waals surface area contributed by atoms with E-state index in [0.717, 1.165) is 12.0 Å². The zero-order chi connectivity index (χ0) is 10.4. The molecule has 1 unspecified atom stereocenters. The molecule has 1 aromatic heterocycles. The van der Waals surface area contributed by atoms with Crippen LogP contribution in [0.25, 0.3) is 0 Å². The van der Waals surface area contributed by atoms with Crippen LogP contribution < -0.4 is 11.1 Å². The molecule has 0 aliphatic carbocycles. The Balaban J connectivity index is 2.62. The van der Waals surface area contributed by atoms with E-state index in [1.165, 1.54) is 12.8 Å². The molecule has 0 bridgehead atoms. The Kier molecular flexibility index (Phi) is 4.40. The molecule has 14 heavy (non-hydrogen) atoms. The molecule has 0 spiro atoms. The molecule has 0 saturated heterocycles. The van der Waals surface area contributed by atoms with Gasteiger partial charge in [0.25, 0.3) is 0 Å². The summed E-state index contributed by atoms with van der Waals surface area (Å²) in [5, 5.41) is 3.30. The van der Waals surface area contributed by atoms with Crippen LogP contribution in [0.3, 0.4) is 0 Å². The largest absolute Gasteiger partial charge is 0.383 e. The van der Waals surface area contributed by atoms with Gasteiger partial charge in [-0.25, -0.2) is 4.98 Å². The molecule has 1 heterocycles. The number of aromatic nitrogens is 1. The number of nitrogen functional groups attached to an aromatic ring is 1. The highest BCUT2D eigenvalue weighted by atomic mass is 14.9. The summed E-state index contributed by atoms with van der Waals surface area (Å²) in [6.07, 6.45) is 5.05. The lowest BCUT2D eigenvalue weighted by molar-refractivity contribution is 0.514. The van der Waals surface area contributed by atoms with Crippen LogP contribution in [0.2, 0.25) is 0 Å². The molecule has 0 radical (unpaired) electrons. The standard InChI is InChI=1S/C11H19N3/c1-3-5-10(13-2)8-9-6-4-7-14-11(9)12/h4,6-7,10,13H,3,5,8H2,1-2H3,(H2,12,14). The predicted molar refractivity (Wildman–Crippen MR) is 60.1 cm³/mol. The summed E-state index contributed by atoms with van der Waals surface area (Å²) >= 11 is 0. The molecule has 3 nitrogen and oxygen atoms in total. The number of nitrogens with two attached hydrogens (primary N) is 1. The van der Waals surface area contributed by atoms with Crippen LogP contribution in [0, 0.1) is 0 Å². The van der Waals surface area contributed by atoms with E-state index < -0.39 is 0 Å². The number of likely N-dealkylation sites (N-methyl/N-ethyl adjacent to an activating group) is 1. The van der Waals surface area contributed by atoms with E-state index in [9.17, 15) is 0 Å². The minimum absolute atomic E-state index is 0.506. The second kappa shape index (κ2) is 5.60. The van der Waals surface area contributed by atoms with Gasteiger partial charge < -0.3 is 11.1 Å². The van der Waals surface area contributed by atoms with Crippen molar-refractivity contribution in [3.05, 3.63) is 23.9 Å². The van der Waals surface area contributed by atoms with Crippen molar-refractivity contribution in [3.63, 3.8) is 0 Å². The van der Waals surface area contributed by atoms with Crippen LogP contribution in [0.1, 0.15) is 25.3 Å². The van der Waals surface area contributed by atoms with E-state index in [0.29, 0.717) is 11.9 Å². The lowest BCUT2D eigenvalue weighted by Gasteiger charge is -2.15. The summed E-state index contributed by atoms with van der Waals surface area (Å²) in [4.78, 5) is 4.08. The van der Waals surface area contributed by atoms with E-state index in [2.05, 4.69) is 17.2 Å². The SMILES string of the molecule is CCCC(Cc1cccnc1N)NC. The fourth-order valence-corrected chi connectivity index (χ4v) is 1.59. The second-order valence-corrected chi connectivity index (χ2v) is 3.53. The number of anilines is 1. The number of hydrogen-bond acceptors (Lipinski definition) is 3. The van der Waals surface area contributed by atoms with Crippen molar-refractivity contribution in [1.29, 1.82) is 0 Å². The Labute approximate surface area is 85.7 Å². The van der Waals surface area contributed by atoms with Crippen LogP contribution in [-0.4, -0.2) is 18.1 Å². The zero-order valence-electron chi connectivity index (χ0n) is 8.96. The monoisotopic (exact) mass is 193 g/mol. The summed E-state index contributed by atoms with van der Waals surface area (Å²) in [6, 6.07) is 4.48. The maximum atomic E-state index is 5.78. The first-order valence-electron chi connectivity index (χ1n) is 5.14. The quantitative estimate of drug-likeness (QED) is 0.746. The third-order valence-electron chi connectivity index (χ3n) is 2.44. The molecule has 0 amide bonds. The molecule has 0 aromatic carbocycles. The van der Waals surface area contributed by atoms with Gasteiger partial charge >= 0.3 is 0 Å². The first-order valence-corrected chi connectivity index (χ1v) is 5.14. The number of pyridine rings is 1. The van der Waals surface area contributed by atoms with Crippen molar-refractivity contribution in [2.75, 3.05) is 12.8 Å². The molecular weight excluding hydrogens is 174 g/mol. The van der Waals surface area contributed by atoms with Crippen LogP contribution in [-0.2, 0) is 6.42 Å². The minimum atomic E-state index is 0.506. The van der Waals surface area contributed by atoms with Crippen molar-refractivity contribution in [3.8, 4) is 0 Å². The zero-order valence-corrected chi connectivity index (χ0v) is 8.96. The fraction of sp³-hybridized carbons (Fsp3) is 0.545. The molecule has 78 valence electrons. The highest BCUT2D eigenvalue weighted by Gasteiger charge is 2.08. The van der Waals surface area contributed by atoms with Gasteiger partial charge in [-0.2, -0.15) is 0 Å². The topological polar surface area (TPSA) is 50.9 Å². The van der Waals surface area contributed by atoms with Gasteiger partial charge in [-0.3, -0.25) is 0 Å². The molecule has 1 aromatic rings. The van der Waals surface area contributed by atoms with Gasteiger partial charge in [0.15, 0.2) is 0 Å². The van der Waals surface area contributed by atoms with Gasteiger partial charge in [0.1, 0.15) is 5.82 Å². The molecule has 0 fully saturated rings. The van der Waals surface area contributed by atoms with E-state index >= 15 is 0 Å². The van der Waals surface area contributed by atoms with E-state index in [4.69, 9.17) is 5.73 Å². The van der Waals surface area contributed by atoms with Crippen molar-refractivity contribution in [2.45, 2.75) is 32.2 Å². The molecule has 1 rings (SSSR count). The van der Waals surface area contributed by atoms with Crippen LogP contribution in [0.4, 0.5) is 5.82 Å². The van der Waals surface area contributed by atoms with Gasteiger partial charge in [-0.05, 0) is 31.5 Å². The predicted octanol–water partition coefficient (Wildman–Crippen LogP) is 1.59. The molecule has 1 atom stereocenters. The lowest BCUT2D eigenvalue weighted by Crippen LogP contribution is -2.27. The third-order valence-corrected chi connectivity index (χ3v) is 2.44. The normalized spacial score (nSPS) is 12.7. The number of rotatable bonds is 5. The summed E-state index contributed by atoms with van der Waals surface area (Å²) < 4.78 is 0. The van der Waals surface area contributed by atoms with Gasteiger partial charge in [0.2, 0.25) is 0 Å². The van der Waals surface area contributed by atoms with Crippen LogP contribution in [0.15, 0.2) is 18.3 Å². The summed E-state index contributed by atoms with van der Waals surface area (Å²) in [7, 11) is 1.99. The Hall–Kier alpha value is -1.09. The maximum Gasteiger partial charge on any atom is 0.126 e. The fourth-order valence-electron chi connectivity index (χ4n) is 1.59. The maximum absolute atomic E-state index is 5.78. The summed E-state index contributed by atoms with van der Waals surface area (Å²) in [5.74, 6) is 0.656. The lowest BCUT2D eigenvalue weighted by atomic mass is 10.0. The third kappa shape index (κ3) is 3.00. The molecule has 0 aliphatic rings. The van der Waals surface area contributed by atoms with Gasteiger partial charge in [-0.15, -0.1) is 0 Å². The Morgan fingerprint density at radius 3 is 2.93 bits per heavy atom. The van der Waals surface area contributed by atoms with Crippen LogP contribution >= 0.6 is 0 Å². The number of hydrogen-bond donors (Lipinski definition) is 2. The highest BCUT2D eigenvalue weighted by molar-refractivity contribution is 5.38. The molecule has 0 saturated carbocycles. The second-order valence-electron chi connectivity index (χ2n) is 3.53. The minimum Gasteiger partial charge on any atom is -0.383 e. The van der Waals surface area contributed by atoms with E-state index in [1.807, 2.05) is 19.2 Å². The first-order chi connectivity index (χ1) is 6.77.